The van der Waals surface area contributed by atoms with E-state index < -0.39 is 5.69 Å². The number of carbonyl (C=O) groups excluding carboxylic acids is 1. The number of amides is 1. The predicted molar refractivity (Wildman–Crippen MR) is 129 cm³/mol. The van der Waals surface area contributed by atoms with Crippen LogP contribution in [-0.4, -0.2) is 20.0 Å². The molecule has 3 aromatic heterocycles. The molecular formula is C23H18N4O3S2. The quantitative estimate of drug-likeness (QED) is 0.436. The lowest BCUT2D eigenvalue weighted by Gasteiger charge is -2.13. The molecule has 3 heterocycles. The smallest absolute Gasteiger partial charge is 0.300 e. The summed E-state index contributed by atoms with van der Waals surface area (Å²) in [5.74, 6) is -0.385. The van der Waals surface area contributed by atoms with E-state index >= 15 is 0 Å². The van der Waals surface area contributed by atoms with Crippen molar-refractivity contribution in [2.24, 2.45) is 0 Å². The van der Waals surface area contributed by atoms with Crippen molar-refractivity contribution in [1.29, 1.82) is 0 Å². The van der Waals surface area contributed by atoms with Crippen molar-refractivity contribution in [3.8, 4) is 5.69 Å². The number of anilines is 1. The van der Waals surface area contributed by atoms with E-state index in [-0.39, 0.29) is 18.0 Å². The molecule has 32 heavy (non-hydrogen) atoms. The van der Waals surface area contributed by atoms with E-state index in [2.05, 4.69) is 10.3 Å². The lowest BCUT2D eigenvalue weighted by Crippen LogP contribution is -2.40. The molecule has 2 aromatic carbocycles. The van der Waals surface area contributed by atoms with Crippen LogP contribution in [0.15, 0.2) is 63.5 Å². The van der Waals surface area contributed by atoms with Gasteiger partial charge in [0.2, 0.25) is 5.91 Å². The van der Waals surface area contributed by atoms with Crippen molar-refractivity contribution < 1.29 is 4.79 Å². The number of aryl methyl sites for hydroxylation is 2. The van der Waals surface area contributed by atoms with E-state index in [1.165, 1.54) is 27.2 Å². The number of thiazole rings is 1. The predicted octanol–water partition coefficient (Wildman–Crippen LogP) is 4.08. The first kappa shape index (κ1) is 20.3. The van der Waals surface area contributed by atoms with Crippen LogP contribution < -0.4 is 16.6 Å². The average molecular weight is 463 g/mol. The van der Waals surface area contributed by atoms with E-state index in [0.29, 0.717) is 21.0 Å². The molecule has 0 bridgehead atoms. The highest BCUT2D eigenvalue weighted by Crippen LogP contribution is 2.25. The maximum Gasteiger partial charge on any atom is 0.336 e. The van der Waals surface area contributed by atoms with Gasteiger partial charge in [-0.25, -0.2) is 14.3 Å². The molecule has 1 N–H and O–H groups in total. The topological polar surface area (TPSA) is 86.0 Å². The Balaban J connectivity index is 1.57. The molecule has 9 heteroatoms. The number of rotatable bonds is 4. The Labute approximate surface area is 190 Å². The second-order valence-corrected chi connectivity index (χ2v) is 9.47. The summed E-state index contributed by atoms with van der Waals surface area (Å²) in [6.07, 6.45) is 0. The summed E-state index contributed by atoms with van der Waals surface area (Å²) in [5, 5.41) is 5.00. The maximum absolute atomic E-state index is 13.4. The van der Waals surface area contributed by atoms with E-state index in [4.69, 9.17) is 0 Å². The normalized spacial score (nSPS) is 11.3. The van der Waals surface area contributed by atoms with Crippen LogP contribution in [0.2, 0.25) is 0 Å². The van der Waals surface area contributed by atoms with E-state index in [9.17, 15) is 14.4 Å². The number of nitrogens with zero attached hydrogens (tertiary/aromatic N) is 3. The highest BCUT2D eigenvalue weighted by atomic mass is 32.1. The van der Waals surface area contributed by atoms with Gasteiger partial charge in [0, 0.05) is 0 Å². The molecule has 1 amide bonds. The summed E-state index contributed by atoms with van der Waals surface area (Å²) in [6.45, 7) is 3.59. The molecule has 0 radical (unpaired) electrons. The van der Waals surface area contributed by atoms with Crippen LogP contribution in [0, 0.1) is 13.8 Å². The Morgan fingerprint density at radius 3 is 2.56 bits per heavy atom. The molecule has 5 rings (SSSR count). The minimum atomic E-state index is -0.551. The van der Waals surface area contributed by atoms with Gasteiger partial charge < -0.3 is 5.32 Å². The van der Waals surface area contributed by atoms with Gasteiger partial charge in [0.05, 0.1) is 21.4 Å². The number of fused-ring (bicyclic) bond motifs is 2. The number of nitrogens with one attached hydrogen (secondary N) is 1. The molecule has 7 nitrogen and oxygen atoms in total. The Morgan fingerprint density at radius 2 is 1.81 bits per heavy atom. The van der Waals surface area contributed by atoms with Crippen LogP contribution in [0.1, 0.15) is 11.1 Å². The number of carbonyl (C=O) groups is 1. The molecule has 5 aromatic rings. The van der Waals surface area contributed by atoms with Crippen molar-refractivity contribution in [2.45, 2.75) is 20.4 Å². The van der Waals surface area contributed by atoms with Crippen LogP contribution in [-0.2, 0) is 11.3 Å². The molecule has 0 atom stereocenters. The monoisotopic (exact) mass is 462 g/mol. The first-order chi connectivity index (χ1) is 15.4. The third-order valence-corrected chi connectivity index (χ3v) is 6.90. The summed E-state index contributed by atoms with van der Waals surface area (Å²) >= 11 is 2.62. The first-order valence-corrected chi connectivity index (χ1v) is 11.6. The van der Waals surface area contributed by atoms with Crippen LogP contribution >= 0.6 is 22.7 Å². The molecular weight excluding hydrogens is 444 g/mol. The van der Waals surface area contributed by atoms with E-state index in [1.807, 2.05) is 44.2 Å². The second-order valence-electron chi connectivity index (χ2n) is 7.53. The highest BCUT2D eigenvalue weighted by molar-refractivity contribution is 7.22. The van der Waals surface area contributed by atoms with Gasteiger partial charge in [-0.05, 0) is 60.7 Å². The Kier molecular flexibility index (Phi) is 4.99. The van der Waals surface area contributed by atoms with Crippen LogP contribution in [0.3, 0.4) is 0 Å². The number of para-hydroxylation sites is 1. The van der Waals surface area contributed by atoms with E-state index in [0.717, 1.165) is 25.9 Å². The molecule has 160 valence electrons. The van der Waals surface area contributed by atoms with Crippen molar-refractivity contribution in [3.05, 3.63) is 85.9 Å². The van der Waals surface area contributed by atoms with Crippen LogP contribution in [0.5, 0.6) is 0 Å². The first-order valence-electron chi connectivity index (χ1n) is 9.88. The van der Waals surface area contributed by atoms with Gasteiger partial charge in [-0.15, -0.1) is 11.3 Å². The lowest BCUT2D eigenvalue weighted by atomic mass is 10.1. The SMILES string of the molecule is Cc1cc(C)cc(-n2c(=O)c3sccc3n(CC(=O)Nc3nc4ccccc4s3)c2=O)c1. The minimum absolute atomic E-state index is 0.229. The fourth-order valence-corrected chi connectivity index (χ4v) is 5.48. The van der Waals surface area contributed by atoms with Gasteiger partial charge in [0.15, 0.2) is 5.13 Å². The van der Waals surface area contributed by atoms with Crippen molar-refractivity contribution in [3.63, 3.8) is 0 Å². The van der Waals surface area contributed by atoms with Gasteiger partial charge in [0.25, 0.3) is 5.56 Å². The Hall–Kier alpha value is -3.56. The lowest BCUT2D eigenvalue weighted by molar-refractivity contribution is -0.116. The Bertz CT molecular complexity index is 1570. The molecule has 0 unspecified atom stereocenters. The molecule has 0 spiro atoms. The zero-order chi connectivity index (χ0) is 22.4. The van der Waals surface area contributed by atoms with E-state index in [1.54, 1.807) is 23.6 Å². The van der Waals surface area contributed by atoms with Gasteiger partial charge in [-0.2, -0.15) is 0 Å². The van der Waals surface area contributed by atoms with Gasteiger partial charge in [0.1, 0.15) is 11.2 Å². The zero-order valence-corrected chi connectivity index (χ0v) is 18.9. The largest absolute Gasteiger partial charge is 0.336 e. The molecule has 0 fully saturated rings. The number of thiophene rings is 1. The van der Waals surface area contributed by atoms with Gasteiger partial charge >= 0.3 is 5.69 Å². The average Bonchev–Trinajstić information content (AvgIpc) is 3.37. The molecule has 0 saturated heterocycles. The summed E-state index contributed by atoms with van der Waals surface area (Å²) < 4.78 is 3.87. The number of hydrogen-bond donors (Lipinski definition) is 1. The fraction of sp³-hybridized carbons (Fsp3) is 0.130. The standard InChI is InChI=1S/C23H18N4O3S2/c1-13-9-14(2)11-15(10-13)27-21(29)20-17(7-8-31-20)26(23(27)30)12-19(28)25-22-24-16-5-3-4-6-18(16)32-22/h3-11H,12H2,1-2H3,(H,24,25,28). The molecule has 0 aliphatic rings. The number of hydrogen-bond acceptors (Lipinski definition) is 6. The third kappa shape index (κ3) is 3.55. The summed E-state index contributed by atoms with van der Waals surface area (Å²) in [6, 6.07) is 14.9. The summed E-state index contributed by atoms with van der Waals surface area (Å²) in [5.41, 5.74) is 2.69. The van der Waals surface area contributed by atoms with Crippen LogP contribution in [0.4, 0.5) is 5.13 Å². The van der Waals surface area contributed by atoms with Crippen molar-refractivity contribution >= 4 is 54.1 Å². The Morgan fingerprint density at radius 1 is 1.06 bits per heavy atom. The second kappa shape index (κ2) is 7.85. The fourth-order valence-electron chi connectivity index (χ4n) is 3.78. The highest BCUT2D eigenvalue weighted by Gasteiger charge is 2.18. The molecule has 0 saturated carbocycles. The van der Waals surface area contributed by atoms with Crippen molar-refractivity contribution in [2.75, 3.05) is 5.32 Å². The van der Waals surface area contributed by atoms with Gasteiger partial charge in [-0.1, -0.05) is 29.5 Å². The van der Waals surface area contributed by atoms with Crippen molar-refractivity contribution in [1.82, 2.24) is 14.1 Å². The maximum atomic E-state index is 13.4. The molecule has 0 aliphatic carbocycles. The van der Waals surface area contributed by atoms with Gasteiger partial charge in [-0.3, -0.25) is 14.2 Å². The summed E-state index contributed by atoms with van der Waals surface area (Å²) in [7, 11) is 0. The number of aromatic nitrogens is 3. The molecule has 0 aliphatic heterocycles. The zero-order valence-electron chi connectivity index (χ0n) is 17.3. The minimum Gasteiger partial charge on any atom is -0.300 e. The van der Waals surface area contributed by atoms with Crippen LogP contribution in [0.25, 0.3) is 26.1 Å². The summed E-state index contributed by atoms with van der Waals surface area (Å²) in [4.78, 5) is 43.7. The third-order valence-electron chi connectivity index (χ3n) is 5.06. The number of benzene rings is 2.